The smallest absolute Gasteiger partial charge is 0.251 e. The molecule has 0 aliphatic carbocycles. The number of hydrogen-bond donors (Lipinski definition) is 2. The Morgan fingerprint density at radius 1 is 1.50 bits per heavy atom. The lowest BCUT2D eigenvalue weighted by Gasteiger charge is -2.09. The molecule has 0 spiro atoms. The van der Waals surface area contributed by atoms with Crippen LogP contribution in [0.25, 0.3) is 0 Å². The normalized spacial score (nSPS) is 12.4. The lowest BCUT2D eigenvalue weighted by atomic mass is 10.2. The van der Waals surface area contributed by atoms with Gasteiger partial charge in [0.05, 0.1) is 6.10 Å². The molecule has 1 atom stereocenters. The number of hydrogen-bond acceptors (Lipinski definition) is 5. The first-order chi connectivity index (χ1) is 8.56. The Balaban J connectivity index is 2.37. The van der Waals surface area contributed by atoms with Crippen molar-refractivity contribution in [3.8, 4) is 0 Å². The van der Waals surface area contributed by atoms with Crippen molar-refractivity contribution in [1.82, 2.24) is 15.0 Å². The first kappa shape index (κ1) is 12.8. The molecule has 2 aromatic heterocycles. The van der Waals surface area contributed by atoms with Crippen molar-refractivity contribution < 1.29 is 5.11 Å². The zero-order valence-corrected chi connectivity index (χ0v) is 10.9. The zero-order chi connectivity index (χ0) is 13.1. The second-order valence-corrected chi connectivity index (χ2v) is 4.85. The second-order valence-electron chi connectivity index (χ2n) is 3.87. The summed E-state index contributed by atoms with van der Waals surface area (Å²) in [6.07, 6.45) is 1.03. The van der Waals surface area contributed by atoms with E-state index in [2.05, 4.69) is 15.0 Å². The summed E-state index contributed by atoms with van der Waals surface area (Å²) in [4.78, 5) is 22.4. The summed E-state index contributed by atoms with van der Waals surface area (Å²) >= 11 is 1.23. The minimum atomic E-state index is -0.613. The molecule has 18 heavy (non-hydrogen) atoms. The van der Waals surface area contributed by atoms with Gasteiger partial charge in [-0.2, -0.15) is 0 Å². The molecule has 94 valence electrons. The number of aliphatic hydroxyl groups excluding tert-OH is 1. The van der Waals surface area contributed by atoms with Crippen molar-refractivity contribution in [2.45, 2.75) is 30.1 Å². The van der Waals surface area contributed by atoms with Gasteiger partial charge >= 0.3 is 0 Å². The van der Waals surface area contributed by atoms with Crippen LogP contribution in [0.3, 0.4) is 0 Å². The third-order valence-corrected chi connectivity index (χ3v) is 3.21. The fraction of sp³-hybridized carbons (Fsp3) is 0.250. The Kier molecular flexibility index (Phi) is 3.78. The molecule has 0 aromatic carbocycles. The number of aryl methyl sites for hydroxylation is 1. The van der Waals surface area contributed by atoms with Crippen LogP contribution in [0.15, 0.2) is 39.4 Å². The summed E-state index contributed by atoms with van der Waals surface area (Å²) in [6, 6.07) is 4.99. The summed E-state index contributed by atoms with van der Waals surface area (Å²) in [5, 5.41) is 10.8. The Labute approximate surface area is 108 Å². The van der Waals surface area contributed by atoms with Crippen LogP contribution in [0, 0.1) is 6.92 Å². The average Bonchev–Trinajstić information content (AvgIpc) is 2.27. The molecular formula is C12H13N3O2S. The van der Waals surface area contributed by atoms with Crippen LogP contribution in [0.2, 0.25) is 0 Å². The quantitative estimate of drug-likeness (QED) is 0.824. The van der Waals surface area contributed by atoms with Crippen LogP contribution < -0.4 is 5.56 Å². The van der Waals surface area contributed by atoms with Gasteiger partial charge in [0.1, 0.15) is 5.03 Å². The highest BCUT2D eigenvalue weighted by Crippen LogP contribution is 2.28. The minimum Gasteiger partial charge on any atom is -0.389 e. The van der Waals surface area contributed by atoms with E-state index in [4.69, 9.17) is 0 Å². The summed E-state index contributed by atoms with van der Waals surface area (Å²) in [5.41, 5.74) is 1.17. The maximum Gasteiger partial charge on any atom is 0.251 e. The Morgan fingerprint density at radius 3 is 2.94 bits per heavy atom. The number of aromatic amines is 1. The first-order valence-corrected chi connectivity index (χ1v) is 6.26. The van der Waals surface area contributed by atoms with E-state index in [-0.39, 0.29) is 5.56 Å². The topological polar surface area (TPSA) is 78.9 Å². The molecule has 2 aromatic rings. The summed E-state index contributed by atoms with van der Waals surface area (Å²) < 4.78 is 0. The van der Waals surface area contributed by atoms with Gasteiger partial charge in [-0.25, -0.2) is 9.97 Å². The minimum absolute atomic E-state index is 0.195. The van der Waals surface area contributed by atoms with Gasteiger partial charge in [0.2, 0.25) is 0 Å². The first-order valence-electron chi connectivity index (χ1n) is 5.45. The van der Waals surface area contributed by atoms with Crippen LogP contribution in [0.4, 0.5) is 0 Å². The van der Waals surface area contributed by atoms with Crippen molar-refractivity contribution in [3.63, 3.8) is 0 Å². The average molecular weight is 263 g/mol. The van der Waals surface area contributed by atoms with Gasteiger partial charge in [0, 0.05) is 23.5 Å². The maximum atomic E-state index is 11.3. The third-order valence-electron chi connectivity index (χ3n) is 2.29. The third kappa shape index (κ3) is 2.96. The van der Waals surface area contributed by atoms with Crippen LogP contribution >= 0.6 is 11.8 Å². The molecule has 0 fully saturated rings. The van der Waals surface area contributed by atoms with Gasteiger partial charge < -0.3 is 10.1 Å². The molecular weight excluding hydrogens is 250 g/mol. The Bertz CT molecular complexity index is 610. The molecule has 0 saturated carbocycles. The molecule has 0 aliphatic heterocycles. The number of nitrogens with zero attached hydrogens (tertiary/aromatic N) is 2. The predicted octanol–water partition coefficient (Wildman–Crippen LogP) is 1.68. The summed E-state index contributed by atoms with van der Waals surface area (Å²) in [7, 11) is 0. The fourth-order valence-corrected chi connectivity index (χ4v) is 2.49. The molecule has 0 aliphatic rings. The highest BCUT2D eigenvalue weighted by molar-refractivity contribution is 7.99. The zero-order valence-electron chi connectivity index (χ0n) is 10.0. The van der Waals surface area contributed by atoms with Crippen LogP contribution in [0.5, 0.6) is 0 Å². The van der Waals surface area contributed by atoms with E-state index in [0.29, 0.717) is 21.4 Å². The summed E-state index contributed by atoms with van der Waals surface area (Å²) in [5.74, 6) is 0. The molecule has 0 bridgehead atoms. The number of rotatable bonds is 3. The van der Waals surface area contributed by atoms with Crippen molar-refractivity contribution in [2.75, 3.05) is 0 Å². The Hall–Kier alpha value is -1.66. The van der Waals surface area contributed by atoms with Crippen molar-refractivity contribution in [2.24, 2.45) is 0 Å². The van der Waals surface area contributed by atoms with E-state index in [1.165, 1.54) is 17.8 Å². The molecule has 2 heterocycles. The van der Waals surface area contributed by atoms with E-state index in [0.717, 1.165) is 0 Å². The molecule has 0 unspecified atom stereocenters. The molecule has 2 N–H and O–H groups in total. The van der Waals surface area contributed by atoms with Crippen molar-refractivity contribution in [1.29, 1.82) is 0 Å². The SMILES string of the molecule is Cc1cc(=O)[nH]c(Sc2ncccc2[C@H](C)O)n1. The Morgan fingerprint density at radius 2 is 2.28 bits per heavy atom. The van der Waals surface area contributed by atoms with Gasteiger partial charge in [-0.1, -0.05) is 6.07 Å². The van der Waals surface area contributed by atoms with E-state index < -0.39 is 6.10 Å². The number of aliphatic hydroxyl groups is 1. The highest BCUT2D eigenvalue weighted by atomic mass is 32.2. The lowest BCUT2D eigenvalue weighted by Crippen LogP contribution is -2.08. The fourth-order valence-electron chi connectivity index (χ4n) is 1.50. The lowest BCUT2D eigenvalue weighted by molar-refractivity contribution is 0.195. The highest BCUT2D eigenvalue weighted by Gasteiger charge is 2.11. The van der Waals surface area contributed by atoms with Crippen LogP contribution in [-0.2, 0) is 0 Å². The van der Waals surface area contributed by atoms with E-state index >= 15 is 0 Å². The standard InChI is InChI=1S/C12H13N3O2S/c1-7-6-10(17)15-12(14-7)18-11-9(8(2)16)4-3-5-13-11/h3-6,8,16H,1-2H3,(H,14,15,17)/t8-/m0/s1. The number of nitrogens with one attached hydrogen (secondary N) is 1. The van der Waals surface area contributed by atoms with E-state index in [1.54, 1.807) is 32.2 Å². The second kappa shape index (κ2) is 5.32. The monoisotopic (exact) mass is 263 g/mol. The molecule has 0 radical (unpaired) electrons. The molecule has 2 rings (SSSR count). The van der Waals surface area contributed by atoms with Crippen molar-refractivity contribution in [3.05, 3.63) is 46.0 Å². The maximum absolute atomic E-state index is 11.3. The van der Waals surface area contributed by atoms with Gasteiger partial charge in [0.15, 0.2) is 5.16 Å². The van der Waals surface area contributed by atoms with Gasteiger partial charge in [-0.15, -0.1) is 0 Å². The van der Waals surface area contributed by atoms with Crippen LogP contribution in [-0.4, -0.2) is 20.1 Å². The summed E-state index contributed by atoms with van der Waals surface area (Å²) in [6.45, 7) is 3.43. The van der Waals surface area contributed by atoms with Crippen LogP contribution in [0.1, 0.15) is 24.3 Å². The molecule has 0 amide bonds. The number of aromatic nitrogens is 3. The van der Waals surface area contributed by atoms with Gasteiger partial charge in [-0.05, 0) is 31.7 Å². The predicted molar refractivity (Wildman–Crippen MR) is 68.6 cm³/mol. The van der Waals surface area contributed by atoms with E-state index in [1.807, 2.05) is 0 Å². The van der Waals surface area contributed by atoms with Gasteiger partial charge in [0.25, 0.3) is 5.56 Å². The van der Waals surface area contributed by atoms with E-state index in [9.17, 15) is 9.90 Å². The number of pyridine rings is 1. The molecule has 0 saturated heterocycles. The molecule has 6 heteroatoms. The number of H-pyrrole nitrogens is 1. The largest absolute Gasteiger partial charge is 0.389 e. The molecule has 5 nitrogen and oxygen atoms in total. The van der Waals surface area contributed by atoms with Crippen molar-refractivity contribution >= 4 is 11.8 Å². The van der Waals surface area contributed by atoms with Gasteiger partial charge in [-0.3, -0.25) is 4.79 Å².